The summed E-state index contributed by atoms with van der Waals surface area (Å²) in [5.74, 6) is -7.68. The molecule has 202 valence electrons. The van der Waals surface area contributed by atoms with Crippen LogP contribution in [0.2, 0.25) is 0 Å². The minimum absolute atomic E-state index is 0.270. The predicted molar refractivity (Wildman–Crippen MR) is 116 cm³/mol. The van der Waals surface area contributed by atoms with E-state index in [0.717, 1.165) is 31.2 Å². The van der Waals surface area contributed by atoms with Crippen LogP contribution in [-0.4, -0.2) is 69.6 Å². The number of rotatable bonds is 12. The van der Waals surface area contributed by atoms with Gasteiger partial charge in [-0.1, -0.05) is 44.2 Å². The summed E-state index contributed by atoms with van der Waals surface area (Å²) < 4.78 is 77.8. The highest BCUT2D eigenvalue weighted by Gasteiger charge is 2.75. The Morgan fingerprint density at radius 2 is 1.47 bits per heavy atom. The average Bonchev–Trinajstić information content (AvgIpc) is 2.74. The van der Waals surface area contributed by atoms with E-state index in [1.54, 1.807) is 30.3 Å². The van der Waals surface area contributed by atoms with Crippen LogP contribution in [-0.2, 0) is 24.9 Å². The van der Waals surface area contributed by atoms with Gasteiger partial charge in [0.25, 0.3) is 5.91 Å². The molecule has 0 bridgehead atoms. The van der Waals surface area contributed by atoms with Gasteiger partial charge in [-0.15, -0.1) is 11.8 Å². The topological polar surface area (TPSA) is 133 Å². The van der Waals surface area contributed by atoms with Crippen LogP contribution in [0.5, 0.6) is 0 Å². The van der Waals surface area contributed by atoms with E-state index in [1.807, 2.05) is 5.32 Å². The lowest BCUT2D eigenvalue weighted by Crippen LogP contribution is -2.68. The van der Waals surface area contributed by atoms with Crippen LogP contribution in [0, 0.1) is 5.92 Å². The number of thioether (sulfide) groups is 1. The number of nitrogens with one attached hydrogen (secondary N) is 2. The van der Waals surface area contributed by atoms with Crippen LogP contribution >= 0.6 is 11.8 Å². The number of hydrogen-bond donors (Lipinski definition) is 4. The van der Waals surface area contributed by atoms with Crippen molar-refractivity contribution in [3.8, 4) is 0 Å². The summed E-state index contributed by atoms with van der Waals surface area (Å²) in [6.07, 6.45) is -13.9. The molecular weight excluding hydrogens is 522 g/mol. The molecule has 8 nitrogen and oxygen atoms in total. The van der Waals surface area contributed by atoms with Crippen LogP contribution in [0.4, 0.5) is 26.3 Å². The highest BCUT2D eigenvalue weighted by Crippen LogP contribution is 2.43. The summed E-state index contributed by atoms with van der Waals surface area (Å²) in [4.78, 5) is 48.2. The zero-order valence-electron chi connectivity index (χ0n) is 18.9. The molecule has 0 fully saturated rings. The molecule has 2 atom stereocenters. The Hall–Kier alpha value is -2.81. The summed E-state index contributed by atoms with van der Waals surface area (Å²) >= 11 is 1.08. The van der Waals surface area contributed by atoms with Crippen molar-refractivity contribution in [3.63, 3.8) is 0 Å². The molecule has 0 saturated carbocycles. The normalized spacial score (nSPS) is 14.2. The maximum atomic E-state index is 13.0. The number of carboxylic acids is 1. The summed E-state index contributed by atoms with van der Waals surface area (Å²) in [6.45, 7) is 2.32. The lowest BCUT2D eigenvalue weighted by atomic mass is 9.97. The lowest BCUT2D eigenvalue weighted by molar-refractivity contribution is -0.350. The van der Waals surface area contributed by atoms with Crippen LogP contribution < -0.4 is 10.6 Å². The number of carboxylic acid groups (broad SMARTS) is 1. The monoisotopic (exact) mass is 546 g/mol. The molecule has 1 aromatic carbocycles. The largest absolute Gasteiger partial charge is 0.481 e. The highest BCUT2D eigenvalue weighted by atomic mass is 32.2. The van der Waals surface area contributed by atoms with Crippen molar-refractivity contribution in [2.75, 3.05) is 5.75 Å². The van der Waals surface area contributed by atoms with Crippen molar-refractivity contribution in [3.05, 3.63) is 35.9 Å². The van der Waals surface area contributed by atoms with E-state index in [2.05, 4.69) is 0 Å². The second-order valence-electron chi connectivity index (χ2n) is 8.00. The van der Waals surface area contributed by atoms with Crippen molar-refractivity contribution >= 4 is 35.3 Å². The molecule has 0 saturated heterocycles. The van der Waals surface area contributed by atoms with Gasteiger partial charge in [0, 0.05) is 5.75 Å². The van der Waals surface area contributed by atoms with E-state index in [1.165, 1.54) is 5.32 Å². The van der Waals surface area contributed by atoms with Crippen LogP contribution in [0.1, 0.15) is 25.8 Å². The Kier molecular flexibility index (Phi) is 10.8. The third kappa shape index (κ3) is 8.11. The quantitative estimate of drug-likeness (QED) is 0.296. The predicted octanol–water partition coefficient (Wildman–Crippen LogP) is 2.44. The minimum atomic E-state index is -6.47. The zero-order valence-corrected chi connectivity index (χ0v) is 19.8. The van der Waals surface area contributed by atoms with Crippen LogP contribution in [0.25, 0.3) is 0 Å². The first kappa shape index (κ1) is 31.2. The summed E-state index contributed by atoms with van der Waals surface area (Å²) in [7, 11) is 0. The first-order chi connectivity index (χ1) is 16.4. The van der Waals surface area contributed by atoms with Gasteiger partial charge < -0.3 is 20.8 Å². The molecule has 0 spiro atoms. The van der Waals surface area contributed by atoms with E-state index in [0.29, 0.717) is 5.75 Å². The van der Waals surface area contributed by atoms with Gasteiger partial charge in [-0.3, -0.25) is 19.2 Å². The highest BCUT2D eigenvalue weighted by molar-refractivity contribution is 7.99. The van der Waals surface area contributed by atoms with Gasteiger partial charge in [0.05, 0.1) is 18.2 Å². The van der Waals surface area contributed by atoms with Crippen molar-refractivity contribution in [1.82, 2.24) is 10.6 Å². The fourth-order valence-electron chi connectivity index (χ4n) is 2.82. The van der Waals surface area contributed by atoms with Crippen LogP contribution in [0.3, 0.4) is 0 Å². The molecular formula is C21H24F6N2O6S. The number of carbonyl (C=O) groups is 4. The molecule has 0 aromatic heterocycles. The minimum Gasteiger partial charge on any atom is -0.481 e. The second-order valence-corrected chi connectivity index (χ2v) is 8.99. The Bertz CT molecular complexity index is 925. The Morgan fingerprint density at radius 1 is 0.944 bits per heavy atom. The molecule has 15 heteroatoms. The zero-order chi connectivity index (χ0) is 27.9. The molecule has 0 aliphatic rings. The van der Waals surface area contributed by atoms with Gasteiger partial charge in [-0.05, 0) is 11.5 Å². The number of carbonyl (C=O) groups excluding carboxylic acids is 3. The molecule has 1 rings (SSSR count). The van der Waals surface area contributed by atoms with Gasteiger partial charge in [-0.25, -0.2) is 0 Å². The number of halogens is 6. The van der Waals surface area contributed by atoms with Gasteiger partial charge in [-0.2, -0.15) is 26.3 Å². The fourth-order valence-corrected chi connectivity index (χ4v) is 3.76. The molecule has 0 aliphatic carbocycles. The van der Waals surface area contributed by atoms with Crippen LogP contribution in [0.15, 0.2) is 30.3 Å². The molecule has 2 amide bonds. The summed E-state index contributed by atoms with van der Waals surface area (Å²) in [5.41, 5.74) is -4.96. The molecule has 1 aromatic rings. The SMILES string of the molecule is CC(C)[C@H](NC(=O)C(O)(C(F)(F)F)C(F)(F)F)C(=O)N[C@@H](CC(=O)O)C(=O)CSCc1ccccc1. The van der Waals surface area contributed by atoms with Crippen molar-refractivity contribution in [2.24, 2.45) is 5.92 Å². The van der Waals surface area contributed by atoms with E-state index >= 15 is 0 Å². The van der Waals surface area contributed by atoms with E-state index in [-0.39, 0.29) is 5.75 Å². The van der Waals surface area contributed by atoms with Crippen molar-refractivity contribution in [1.29, 1.82) is 0 Å². The Labute approximate surface area is 205 Å². The average molecular weight is 546 g/mol. The van der Waals surface area contributed by atoms with Crippen molar-refractivity contribution < 1.29 is 55.7 Å². The maximum Gasteiger partial charge on any atom is 0.435 e. The van der Waals surface area contributed by atoms with E-state index in [4.69, 9.17) is 5.11 Å². The number of alkyl halides is 6. The Morgan fingerprint density at radius 3 is 1.92 bits per heavy atom. The first-order valence-corrected chi connectivity index (χ1v) is 11.4. The number of ketones is 1. The molecule has 0 radical (unpaired) electrons. The number of benzene rings is 1. The number of hydrogen-bond acceptors (Lipinski definition) is 6. The lowest BCUT2D eigenvalue weighted by Gasteiger charge is -2.33. The number of aliphatic hydroxyl groups is 1. The molecule has 0 aliphatic heterocycles. The van der Waals surface area contributed by atoms with E-state index < -0.39 is 65.9 Å². The molecule has 36 heavy (non-hydrogen) atoms. The fraction of sp³-hybridized carbons (Fsp3) is 0.524. The first-order valence-electron chi connectivity index (χ1n) is 10.2. The maximum absolute atomic E-state index is 13.0. The third-order valence-corrected chi connectivity index (χ3v) is 5.85. The summed E-state index contributed by atoms with van der Waals surface area (Å²) in [5, 5.41) is 21.5. The van der Waals surface area contributed by atoms with E-state index in [9.17, 15) is 50.6 Å². The number of Topliss-reactive ketones (excluding diaryl/α,β-unsaturated/α-hetero) is 1. The molecule has 0 heterocycles. The Balaban J connectivity index is 3.02. The van der Waals surface area contributed by atoms with Gasteiger partial charge in [0.1, 0.15) is 6.04 Å². The smallest absolute Gasteiger partial charge is 0.435 e. The van der Waals surface area contributed by atoms with Gasteiger partial charge >= 0.3 is 23.9 Å². The molecule has 0 unspecified atom stereocenters. The molecule has 4 N–H and O–H groups in total. The van der Waals surface area contributed by atoms with Gasteiger partial charge in [0.2, 0.25) is 5.91 Å². The standard InChI is InChI=1S/C21H24F6N2O6S/c1-11(2)16(29-18(34)19(35,20(22,23)24)21(25,26)27)17(33)28-13(8-15(31)32)14(30)10-36-9-12-6-4-3-5-7-12/h3-7,11,13,16,35H,8-10H2,1-2H3,(H,28,33)(H,29,34)(H,31,32)/t13-,16-/m0/s1. The number of aliphatic carboxylic acids is 1. The number of amides is 2. The van der Waals surface area contributed by atoms with Gasteiger partial charge in [0.15, 0.2) is 5.78 Å². The second kappa shape index (κ2) is 12.4. The summed E-state index contributed by atoms with van der Waals surface area (Å²) in [6, 6.07) is 5.07. The van der Waals surface area contributed by atoms with Crippen molar-refractivity contribution in [2.45, 2.75) is 56.1 Å². The third-order valence-electron chi connectivity index (χ3n) is 4.82.